The van der Waals surface area contributed by atoms with Gasteiger partial charge < -0.3 is 21.1 Å². The maximum absolute atomic E-state index is 13.3. The molecular formula is C29H33N7O6S. The van der Waals surface area contributed by atoms with Crippen molar-refractivity contribution in [3.05, 3.63) is 72.2 Å². The minimum atomic E-state index is -4.03. The summed E-state index contributed by atoms with van der Waals surface area (Å²) in [4.78, 5) is 42.1. The number of hydrogen-bond donors (Lipinski definition) is 5. The largest absolute Gasteiger partial charge is 0.390 e. The standard InChI is InChI=1S/C29H33N7O6S/c1-17(26(37)31-4)33-28(39)20-10-19(14-32-15-20)23-13-24-21(16-36(35-24)9-8-29(2,3)40)12-25(23)34-27(38)18-6-5-7-22(11-18)43(30,41)42/h5-7,10-17,40H,8-9H2,1-4H3,(H,31,37)(H,33,39)(H,34,38)(H2,30,41,42)/t17-/m1/s1. The number of carbonyl (C=O) groups is 3. The van der Waals surface area contributed by atoms with Crippen LogP contribution in [0, 0.1) is 0 Å². The van der Waals surface area contributed by atoms with Crippen molar-refractivity contribution in [1.82, 2.24) is 25.4 Å². The second-order valence-electron chi connectivity index (χ2n) is 10.7. The molecule has 0 saturated carbocycles. The van der Waals surface area contributed by atoms with Gasteiger partial charge >= 0.3 is 0 Å². The molecule has 0 bridgehead atoms. The fourth-order valence-corrected chi connectivity index (χ4v) is 4.81. The molecule has 0 spiro atoms. The molecule has 13 nitrogen and oxygen atoms in total. The predicted octanol–water partition coefficient (Wildman–Crippen LogP) is 2.02. The van der Waals surface area contributed by atoms with Crippen LogP contribution in [0.5, 0.6) is 0 Å². The Kier molecular flexibility index (Phi) is 8.94. The summed E-state index contributed by atoms with van der Waals surface area (Å²) in [7, 11) is -2.57. The van der Waals surface area contributed by atoms with Gasteiger partial charge in [0.05, 0.1) is 21.6 Å². The van der Waals surface area contributed by atoms with E-state index in [0.29, 0.717) is 40.7 Å². The van der Waals surface area contributed by atoms with Gasteiger partial charge in [0.1, 0.15) is 6.04 Å². The third-order valence-electron chi connectivity index (χ3n) is 6.62. The van der Waals surface area contributed by atoms with Gasteiger partial charge in [-0.3, -0.25) is 24.0 Å². The number of nitrogens with zero attached hydrogens (tertiary/aromatic N) is 3. The van der Waals surface area contributed by atoms with Crippen LogP contribution in [0.15, 0.2) is 66.0 Å². The van der Waals surface area contributed by atoms with Crippen LogP contribution in [0.2, 0.25) is 0 Å². The predicted molar refractivity (Wildman–Crippen MR) is 161 cm³/mol. The molecule has 2 heterocycles. The SMILES string of the molecule is CNC(=O)[C@@H](C)NC(=O)c1cncc(-c2cc3nn(CCC(C)(C)O)cc3cc2NC(=O)c2cccc(S(N)(=O)=O)c2)c1. The summed E-state index contributed by atoms with van der Waals surface area (Å²) in [6, 6.07) is 9.57. The first kappa shape index (κ1) is 31.3. The molecule has 4 aromatic rings. The van der Waals surface area contributed by atoms with Crippen molar-refractivity contribution in [2.75, 3.05) is 12.4 Å². The van der Waals surface area contributed by atoms with Gasteiger partial charge in [0, 0.05) is 59.9 Å². The van der Waals surface area contributed by atoms with Crippen LogP contribution in [-0.4, -0.2) is 64.7 Å². The molecule has 0 aliphatic heterocycles. The summed E-state index contributed by atoms with van der Waals surface area (Å²) in [6.45, 7) is 5.40. The minimum Gasteiger partial charge on any atom is -0.390 e. The summed E-state index contributed by atoms with van der Waals surface area (Å²) in [5, 5.41) is 28.6. The van der Waals surface area contributed by atoms with Crippen LogP contribution in [0.25, 0.3) is 22.0 Å². The van der Waals surface area contributed by atoms with E-state index in [2.05, 4.69) is 26.0 Å². The summed E-state index contributed by atoms with van der Waals surface area (Å²) < 4.78 is 25.4. The number of aryl methyl sites for hydroxylation is 1. The quantitative estimate of drug-likeness (QED) is 0.180. The van der Waals surface area contributed by atoms with Gasteiger partial charge in [-0.1, -0.05) is 6.07 Å². The van der Waals surface area contributed by atoms with Gasteiger partial charge in [0.2, 0.25) is 15.9 Å². The molecule has 0 unspecified atom stereocenters. The summed E-state index contributed by atoms with van der Waals surface area (Å²) in [5.74, 6) is -1.48. The van der Waals surface area contributed by atoms with E-state index in [-0.39, 0.29) is 21.9 Å². The van der Waals surface area contributed by atoms with Crippen molar-refractivity contribution in [1.29, 1.82) is 0 Å². The molecule has 2 aromatic carbocycles. The van der Waals surface area contributed by atoms with Crippen molar-refractivity contribution in [3.63, 3.8) is 0 Å². The highest BCUT2D eigenvalue weighted by molar-refractivity contribution is 7.89. The third-order valence-corrected chi connectivity index (χ3v) is 7.53. The Morgan fingerprint density at radius 1 is 1.07 bits per heavy atom. The first-order chi connectivity index (χ1) is 20.1. The average Bonchev–Trinajstić information content (AvgIpc) is 3.36. The van der Waals surface area contributed by atoms with E-state index in [4.69, 9.17) is 5.14 Å². The van der Waals surface area contributed by atoms with Gasteiger partial charge in [0.15, 0.2) is 0 Å². The van der Waals surface area contributed by atoms with E-state index < -0.39 is 33.5 Å². The lowest BCUT2D eigenvalue weighted by Crippen LogP contribution is -2.43. The summed E-state index contributed by atoms with van der Waals surface area (Å²) in [6.07, 6.45) is 5.11. The van der Waals surface area contributed by atoms with Crippen molar-refractivity contribution < 1.29 is 27.9 Å². The number of benzene rings is 2. The number of rotatable bonds is 10. The lowest BCUT2D eigenvalue weighted by molar-refractivity contribution is -0.122. The summed E-state index contributed by atoms with van der Waals surface area (Å²) >= 11 is 0. The Balaban J connectivity index is 1.76. The molecule has 6 N–H and O–H groups in total. The Labute approximate surface area is 248 Å². The number of sulfonamides is 1. The molecule has 0 aliphatic rings. The van der Waals surface area contributed by atoms with E-state index in [0.717, 1.165) is 0 Å². The number of amides is 3. The van der Waals surface area contributed by atoms with Gasteiger partial charge in [-0.25, -0.2) is 13.6 Å². The number of likely N-dealkylation sites (N-methyl/N-ethyl adjacent to an activating group) is 1. The van der Waals surface area contributed by atoms with Crippen molar-refractivity contribution in [2.45, 2.75) is 50.3 Å². The molecule has 2 aromatic heterocycles. The van der Waals surface area contributed by atoms with Crippen LogP contribution in [0.4, 0.5) is 5.69 Å². The van der Waals surface area contributed by atoms with Crippen molar-refractivity contribution in [2.24, 2.45) is 5.14 Å². The molecule has 226 valence electrons. The zero-order valence-corrected chi connectivity index (χ0v) is 24.9. The molecule has 0 saturated heterocycles. The van der Waals surface area contributed by atoms with Gasteiger partial charge in [-0.2, -0.15) is 5.10 Å². The number of fused-ring (bicyclic) bond motifs is 1. The molecule has 1 atom stereocenters. The van der Waals surface area contributed by atoms with Crippen LogP contribution in [0.1, 0.15) is 47.9 Å². The Morgan fingerprint density at radius 3 is 2.49 bits per heavy atom. The van der Waals surface area contributed by atoms with Crippen LogP contribution < -0.4 is 21.1 Å². The zero-order chi connectivity index (χ0) is 31.5. The van der Waals surface area contributed by atoms with E-state index in [1.807, 2.05) is 0 Å². The van der Waals surface area contributed by atoms with Crippen LogP contribution in [0.3, 0.4) is 0 Å². The maximum atomic E-state index is 13.3. The fraction of sp³-hybridized carbons (Fsp3) is 0.276. The normalized spacial score (nSPS) is 12.5. The summed E-state index contributed by atoms with van der Waals surface area (Å²) in [5.41, 5.74) is 1.24. The second-order valence-corrected chi connectivity index (χ2v) is 12.3. The van der Waals surface area contributed by atoms with Gasteiger partial charge in [-0.15, -0.1) is 0 Å². The highest BCUT2D eigenvalue weighted by Crippen LogP contribution is 2.33. The number of nitrogens with two attached hydrogens (primary N) is 1. The molecule has 43 heavy (non-hydrogen) atoms. The number of anilines is 1. The second kappa shape index (κ2) is 12.3. The molecular weight excluding hydrogens is 574 g/mol. The monoisotopic (exact) mass is 607 g/mol. The van der Waals surface area contributed by atoms with Gasteiger partial charge in [-0.05, 0) is 63.6 Å². The number of hydrogen-bond acceptors (Lipinski definition) is 8. The Morgan fingerprint density at radius 2 is 1.81 bits per heavy atom. The lowest BCUT2D eigenvalue weighted by atomic mass is 10.0. The van der Waals surface area contributed by atoms with Crippen LogP contribution >= 0.6 is 0 Å². The number of aliphatic hydroxyl groups is 1. The molecule has 4 rings (SSSR count). The Bertz CT molecular complexity index is 1810. The van der Waals surface area contributed by atoms with E-state index in [9.17, 15) is 27.9 Å². The van der Waals surface area contributed by atoms with E-state index in [1.54, 1.807) is 49.8 Å². The van der Waals surface area contributed by atoms with E-state index in [1.165, 1.54) is 43.7 Å². The molecule has 0 fully saturated rings. The molecule has 14 heteroatoms. The highest BCUT2D eigenvalue weighted by atomic mass is 32.2. The highest BCUT2D eigenvalue weighted by Gasteiger charge is 2.20. The molecule has 3 amide bonds. The topological polar surface area (TPSA) is 198 Å². The number of carbonyl (C=O) groups excluding carboxylic acids is 3. The molecule has 0 aliphatic carbocycles. The first-order valence-corrected chi connectivity index (χ1v) is 14.8. The maximum Gasteiger partial charge on any atom is 0.255 e. The molecule has 0 radical (unpaired) electrons. The smallest absolute Gasteiger partial charge is 0.255 e. The number of aromatic nitrogens is 3. The average molecular weight is 608 g/mol. The number of primary sulfonamides is 1. The van der Waals surface area contributed by atoms with Gasteiger partial charge in [0.25, 0.3) is 11.8 Å². The third kappa shape index (κ3) is 7.80. The van der Waals surface area contributed by atoms with Crippen LogP contribution in [-0.2, 0) is 21.4 Å². The zero-order valence-electron chi connectivity index (χ0n) is 24.1. The fourth-order valence-electron chi connectivity index (χ4n) is 4.25. The van der Waals surface area contributed by atoms with E-state index >= 15 is 0 Å². The number of pyridine rings is 1. The first-order valence-electron chi connectivity index (χ1n) is 13.3. The van der Waals surface area contributed by atoms with Crippen molar-refractivity contribution in [3.8, 4) is 11.1 Å². The lowest BCUT2D eigenvalue weighted by Gasteiger charge is -2.16. The Hall–Kier alpha value is -4.66. The number of nitrogens with one attached hydrogen (secondary N) is 3. The minimum absolute atomic E-state index is 0.0629. The van der Waals surface area contributed by atoms with Crippen molar-refractivity contribution >= 4 is 44.3 Å².